The number of aromatic hydroxyl groups is 2. The average molecular weight is 413 g/mol. The summed E-state index contributed by atoms with van der Waals surface area (Å²) < 4.78 is 5.24. The fraction of sp³-hybridized carbons (Fsp3) is 0.636. The molecule has 28 heavy (non-hydrogen) atoms. The number of phenolic OH excluding ortho intramolecular Hbond substituents is 2. The van der Waals surface area contributed by atoms with Crippen LogP contribution in [0, 0.1) is 12.3 Å². The van der Waals surface area contributed by atoms with E-state index in [-0.39, 0.29) is 33.8 Å². The molecule has 0 spiro atoms. The van der Waals surface area contributed by atoms with Gasteiger partial charge in [-0.15, -0.1) is 0 Å². The number of ether oxygens (including phenoxy) is 1. The second-order valence-corrected chi connectivity index (χ2v) is 8.68. The number of Topliss-reactive ketones (excluding diaryl/α,β-unsaturated/α-hetero) is 1. The van der Waals surface area contributed by atoms with Crippen molar-refractivity contribution in [2.75, 3.05) is 6.61 Å². The van der Waals surface area contributed by atoms with Crippen molar-refractivity contribution in [3.8, 4) is 11.5 Å². The molecule has 5 nitrogen and oxygen atoms in total. The Morgan fingerprint density at radius 3 is 2.04 bits per heavy atom. The van der Waals surface area contributed by atoms with Crippen molar-refractivity contribution in [1.82, 2.24) is 0 Å². The van der Waals surface area contributed by atoms with E-state index in [1.54, 1.807) is 6.92 Å². The van der Waals surface area contributed by atoms with E-state index >= 15 is 0 Å². The minimum atomic E-state index is -0.460. The van der Waals surface area contributed by atoms with Crippen LogP contribution in [0.15, 0.2) is 0 Å². The maximum Gasteiger partial charge on any atom is 0.311 e. The number of hydrogen-bond acceptors (Lipinski definition) is 5. The molecule has 0 aliphatic heterocycles. The molecule has 0 unspecified atom stereocenters. The van der Waals surface area contributed by atoms with Gasteiger partial charge in [0, 0.05) is 5.56 Å². The maximum atomic E-state index is 11.8. The maximum absolute atomic E-state index is 11.8. The lowest BCUT2D eigenvalue weighted by Gasteiger charge is -2.16. The molecule has 1 aromatic carbocycles. The molecule has 0 aliphatic rings. The molecule has 0 fully saturated rings. The van der Waals surface area contributed by atoms with Gasteiger partial charge in [0.25, 0.3) is 0 Å². The smallest absolute Gasteiger partial charge is 0.311 e. The molecule has 0 bridgehead atoms. The van der Waals surface area contributed by atoms with Crippen LogP contribution in [-0.2, 0) is 16.0 Å². The van der Waals surface area contributed by atoms with Crippen LogP contribution < -0.4 is 0 Å². The predicted octanol–water partition coefficient (Wildman–Crippen LogP) is 5.73. The molecule has 0 atom stereocenters. The number of esters is 1. The standard InChI is InChI=1S/C22H33ClO5/c1-14-17(15(2)24)19(25)16(20(26)18(14)23)12-10-8-6-7-9-11-13-28-21(27)22(3,4)5/h25-26H,6-13H2,1-5H3. The van der Waals surface area contributed by atoms with E-state index in [4.69, 9.17) is 16.3 Å². The third kappa shape index (κ3) is 6.69. The molecular formula is C22H33ClO5. The fourth-order valence-electron chi connectivity index (χ4n) is 3.02. The Morgan fingerprint density at radius 1 is 0.964 bits per heavy atom. The highest BCUT2D eigenvalue weighted by Crippen LogP contribution is 2.41. The van der Waals surface area contributed by atoms with E-state index in [9.17, 15) is 19.8 Å². The van der Waals surface area contributed by atoms with Gasteiger partial charge >= 0.3 is 5.97 Å². The van der Waals surface area contributed by atoms with Gasteiger partial charge < -0.3 is 14.9 Å². The molecule has 0 aliphatic carbocycles. The predicted molar refractivity (Wildman–Crippen MR) is 111 cm³/mol. The second-order valence-electron chi connectivity index (χ2n) is 8.30. The minimum absolute atomic E-state index is 0.128. The van der Waals surface area contributed by atoms with Crippen molar-refractivity contribution < 1.29 is 24.5 Å². The molecule has 0 amide bonds. The van der Waals surface area contributed by atoms with Crippen LogP contribution in [0.2, 0.25) is 5.02 Å². The molecule has 0 saturated carbocycles. The van der Waals surface area contributed by atoms with E-state index < -0.39 is 5.41 Å². The molecular weight excluding hydrogens is 380 g/mol. The number of hydrogen-bond donors (Lipinski definition) is 2. The highest BCUT2D eigenvalue weighted by molar-refractivity contribution is 6.33. The quantitative estimate of drug-likeness (QED) is 0.291. The van der Waals surface area contributed by atoms with Crippen LogP contribution in [0.5, 0.6) is 11.5 Å². The first-order valence-corrected chi connectivity index (χ1v) is 10.3. The van der Waals surface area contributed by atoms with Crippen molar-refractivity contribution in [2.45, 2.75) is 79.6 Å². The van der Waals surface area contributed by atoms with Crippen LogP contribution in [0.1, 0.15) is 87.7 Å². The molecule has 158 valence electrons. The molecule has 0 heterocycles. The minimum Gasteiger partial charge on any atom is -0.507 e. The lowest BCUT2D eigenvalue weighted by Crippen LogP contribution is -2.23. The zero-order valence-electron chi connectivity index (χ0n) is 17.7. The summed E-state index contributed by atoms with van der Waals surface area (Å²) in [7, 11) is 0. The summed E-state index contributed by atoms with van der Waals surface area (Å²) in [4.78, 5) is 23.4. The van der Waals surface area contributed by atoms with Gasteiger partial charge in [-0.25, -0.2) is 0 Å². The van der Waals surface area contributed by atoms with Gasteiger partial charge in [-0.1, -0.05) is 37.3 Å². The summed E-state index contributed by atoms with van der Waals surface area (Å²) in [5.41, 5.74) is 0.468. The third-order valence-electron chi connectivity index (χ3n) is 4.74. The highest BCUT2D eigenvalue weighted by Gasteiger charge is 2.23. The molecule has 1 rings (SSSR count). The Morgan fingerprint density at radius 2 is 1.50 bits per heavy atom. The summed E-state index contributed by atoms with van der Waals surface area (Å²) in [6, 6.07) is 0. The number of carbonyl (C=O) groups excluding carboxylic acids is 2. The summed E-state index contributed by atoms with van der Waals surface area (Å²) in [6.45, 7) is 8.95. The molecule has 0 radical (unpaired) electrons. The van der Waals surface area contributed by atoms with Crippen molar-refractivity contribution in [2.24, 2.45) is 5.41 Å². The Bertz CT molecular complexity index is 704. The number of rotatable bonds is 10. The Kier molecular flexibility index (Phi) is 9.28. The number of carbonyl (C=O) groups is 2. The Hall–Kier alpha value is -1.75. The van der Waals surface area contributed by atoms with Crippen LogP contribution >= 0.6 is 11.6 Å². The summed E-state index contributed by atoms with van der Waals surface area (Å²) in [6.07, 6.45) is 6.03. The normalized spacial score (nSPS) is 11.5. The van der Waals surface area contributed by atoms with Gasteiger partial charge in [-0.05, 0) is 59.4 Å². The van der Waals surface area contributed by atoms with Crippen LogP contribution in [0.4, 0.5) is 0 Å². The van der Waals surface area contributed by atoms with E-state index in [1.165, 1.54) is 6.92 Å². The van der Waals surface area contributed by atoms with Crippen molar-refractivity contribution >= 4 is 23.4 Å². The van der Waals surface area contributed by atoms with Crippen molar-refractivity contribution in [3.63, 3.8) is 0 Å². The topological polar surface area (TPSA) is 83.8 Å². The van der Waals surface area contributed by atoms with Gasteiger partial charge in [0.1, 0.15) is 11.5 Å². The van der Waals surface area contributed by atoms with Gasteiger partial charge in [0.15, 0.2) is 5.78 Å². The van der Waals surface area contributed by atoms with Crippen LogP contribution in [0.3, 0.4) is 0 Å². The van der Waals surface area contributed by atoms with Gasteiger partial charge in [-0.2, -0.15) is 0 Å². The molecule has 6 heteroatoms. The van der Waals surface area contributed by atoms with Crippen molar-refractivity contribution in [3.05, 3.63) is 21.7 Å². The highest BCUT2D eigenvalue weighted by atomic mass is 35.5. The zero-order valence-corrected chi connectivity index (χ0v) is 18.4. The van der Waals surface area contributed by atoms with E-state index in [0.717, 1.165) is 38.5 Å². The van der Waals surface area contributed by atoms with Gasteiger partial charge in [0.2, 0.25) is 0 Å². The molecule has 0 saturated heterocycles. The van der Waals surface area contributed by atoms with E-state index in [0.29, 0.717) is 24.2 Å². The van der Waals surface area contributed by atoms with E-state index in [2.05, 4.69) is 0 Å². The Balaban J connectivity index is 2.38. The van der Waals surface area contributed by atoms with Gasteiger partial charge in [-0.3, -0.25) is 9.59 Å². The first kappa shape index (κ1) is 24.3. The molecule has 2 N–H and O–H groups in total. The number of unbranched alkanes of at least 4 members (excludes halogenated alkanes) is 5. The Labute approximate surface area is 173 Å². The zero-order chi connectivity index (χ0) is 21.5. The number of phenols is 2. The summed E-state index contributed by atoms with van der Waals surface area (Å²) in [5, 5.41) is 20.7. The number of halogens is 1. The monoisotopic (exact) mass is 412 g/mol. The second kappa shape index (κ2) is 10.7. The van der Waals surface area contributed by atoms with Crippen LogP contribution in [-0.4, -0.2) is 28.6 Å². The van der Waals surface area contributed by atoms with E-state index in [1.807, 2.05) is 20.8 Å². The third-order valence-corrected chi connectivity index (χ3v) is 5.20. The number of ketones is 1. The largest absolute Gasteiger partial charge is 0.507 e. The lowest BCUT2D eigenvalue weighted by atomic mass is 9.95. The molecule has 1 aromatic rings. The van der Waals surface area contributed by atoms with Gasteiger partial charge in [0.05, 0.1) is 22.6 Å². The van der Waals surface area contributed by atoms with Crippen LogP contribution in [0.25, 0.3) is 0 Å². The number of benzene rings is 1. The van der Waals surface area contributed by atoms with Crippen molar-refractivity contribution in [1.29, 1.82) is 0 Å². The summed E-state index contributed by atoms with van der Waals surface area (Å²) in [5.74, 6) is -0.742. The SMILES string of the molecule is CC(=O)c1c(C)c(Cl)c(O)c(CCCCCCCCOC(=O)C(C)(C)C)c1O. The molecule has 0 aromatic heterocycles. The first-order valence-electron chi connectivity index (χ1n) is 9.89. The lowest BCUT2D eigenvalue weighted by molar-refractivity contribution is -0.153. The average Bonchev–Trinajstić information content (AvgIpc) is 2.59. The first-order chi connectivity index (χ1) is 13.0. The summed E-state index contributed by atoms with van der Waals surface area (Å²) >= 11 is 6.12. The fourth-order valence-corrected chi connectivity index (χ4v) is 3.23.